The van der Waals surface area contributed by atoms with E-state index in [2.05, 4.69) is 9.71 Å². The lowest BCUT2D eigenvalue weighted by atomic mass is 10.1. The van der Waals surface area contributed by atoms with Gasteiger partial charge in [0.25, 0.3) is 0 Å². The summed E-state index contributed by atoms with van der Waals surface area (Å²) >= 11 is 0. The van der Waals surface area contributed by atoms with Gasteiger partial charge in [0.1, 0.15) is 5.82 Å². The number of halogens is 1. The number of fused-ring (bicyclic) bond motifs is 1. The van der Waals surface area contributed by atoms with E-state index < -0.39 is 15.8 Å². The van der Waals surface area contributed by atoms with Crippen molar-refractivity contribution >= 4 is 20.9 Å². The lowest BCUT2D eigenvalue weighted by Gasteiger charge is -2.08. The molecule has 0 radical (unpaired) electrons. The third-order valence-corrected chi connectivity index (χ3v) is 5.30. The smallest absolute Gasteiger partial charge is 0.240 e. The van der Waals surface area contributed by atoms with Crippen LogP contribution in [0, 0.1) is 19.7 Å². The number of sulfonamides is 1. The summed E-state index contributed by atoms with van der Waals surface area (Å²) < 4.78 is 40.7. The number of aromatic amines is 1. The quantitative estimate of drug-likeness (QED) is 0.769. The number of H-pyrrole nitrogens is 1. The summed E-state index contributed by atoms with van der Waals surface area (Å²) in [5.41, 5.74) is 3.10. The zero-order chi connectivity index (χ0) is 16.6. The molecule has 1 aromatic heterocycles. The fraction of sp³-hybridized carbons (Fsp3) is 0.176. The Bertz CT molecular complexity index is 977. The van der Waals surface area contributed by atoms with Crippen molar-refractivity contribution in [1.29, 1.82) is 0 Å². The van der Waals surface area contributed by atoms with Crippen LogP contribution in [0.3, 0.4) is 0 Å². The molecule has 0 amide bonds. The highest BCUT2D eigenvalue weighted by molar-refractivity contribution is 7.89. The molecule has 0 aliphatic rings. The van der Waals surface area contributed by atoms with E-state index in [1.165, 1.54) is 25.1 Å². The molecule has 0 saturated carbocycles. The Morgan fingerprint density at radius 3 is 2.61 bits per heavy atom. The van der Waals surface area contributed by atoms with Crippen molar-refractivity contribution in [2.45, 2.75) is 25.3 Å². The van der Waals surface area contributed by atoms with Gasteiger partial charge in [-0.2, -0.15) is 0 Å². The topological polar surface area (TPSA) is 62.0 Å². The standard InChI is InChI=1S/C17H17FN2O2S/c1-11-9-13(7-8-16(11)18)23(21,22)19-10-15-12(2)20-17-6-4-3-5-14(15)17/h3-9,19-20H,10H2,1-2H3. The molecular weight excluding hydrogens is 315 g/mol. The number of benzene rings is 2. The van der Waals surface area contributed by atoms with Gasteiger partial charge >= 0.3 is 0 Å². The van der Waals surface area contributed by atoms with E-state index in [1.54, 1.807) is 0 Å². The van der Waals surface area contributed by atoms with E-state index in [0.29, 0.717) is 5.56 Å². The number of aryl methyl sites for hydroxylation is 2. The number of nitrogens with one attached hydrogen (secondary N) is 2. The maximum atomic E-state index is 13.3. The summed E-state index contributed by atoms with van der Waals surface area (Å²) in [6.45, 7) is 3.62. The summed E-state index contributed by atoms with van der Waals surface area (Å²) in [6.07, 6.45) is 0. The first-order valence-corrected chi connectivity index (χ1v) is 8.69. The van der Waals surface area contributed by atoms with Crippen molar-refractivity contribution in [3.63, 3.8) is 0 Å². The van der Waals surface area contributed by atoms with E-state index in [9.17, 15) is 12.8 Å². The molecule has 0 bridgehead atoms. The second-order valence-corrected chi connectivity index (χ2v) is 7.28. The zero-order valence-electron chi connectivity index (χ0n) is 12.9. The lowest BCUT2D eigenvalue weighted by molar-refractivity contribution is 0.580. The van der Waals surface area contributed by atoms with Crippen molar-refractivity contribution < 1.29 is 12.8 Å². The van der Waals surface area contributed by atoms with Crippen LogP contribution in [0.4, 0.5) is 4.39 Å². The van der Waals surface area contributed by atoms with E-state index >= 15 is 0 Å². The van der Waals surface area contributed by atoms with Crippen LogP contribution in [0.25, 0.3) is 10.9 Å². The van der Waals surface area contributed by atoms with Gasteiger partial charge in [-0.05, 0) is 49.2 Å². The fourth-order valence-corrected chi connectivity index (χ4v) is 3.68. The second-order valence-electron chi connectivity index (χ2n) is 5.51. The van der Waals surface area contributed by atoms with Gasteiger partial charge in [-0.15, -0.1) is 0 Å². The van der Waals surface area contributed by atoms with Gasteiger partial charge in [0, 0.05) is 23.1 Å². The minimum Gasteiger partial charge on any atom is -0.358 e. The molecule has 0 unspecified atom stereocenters. The third-order valence-electron chi connectivity index (χ3n) is 3.91. The first-order valence-electron chi connectivity index (χ1n) is 7.20. The second kappa shape index (κ2) is 5.79. The van der Waals surface area contributed by atoms with Crippen molar-refractivity contribution in [3.8, 4) is 0 Å². The molecule has 0 spiro atoms. The molecule has 0 saturated heterocycles. The van der Waals surface area contributed by atoms with Crippen LogP contribution in [0.2, 0.25) is 0 Å². The summed E-state index contributed by atoms with van der Waals surface area (Å²) in [4.78, 5) is 3.30. The first-order chi connectivity index (χ1) is 10.9. The summed E-state index contributed by atoms with van der Waals surface area (Å²) in [5.74, 6) is -0.420. The van der Waals surface area contributed by atoms with E-state index in [4.69, 9.17) is 0 Å². The van der Waals surface area contributed by atoms with E-state index in [1.807, 2.05) is 31.2 Å². The van der Waals surface area contributed by atoms with Crippen LogP contribution >= 0.6 is 0 Å². The Morgan fingerprint density at radius 2 is 1.87 bits per heavy atom. The number of aromatic nitrogens is 1. The van der Waals surface area contributed by atoms with Gasteiger partial charge in [-0.1, -0.05) is 18.2 Å². The predicted molar refractivity (Wildman–Crippen MR) is 88.2 cm³/mol. The molecule has 0 atom stereocenters. The highest BCUT2D eigenvalue weighted by atomic mass is 32.2. The Morgan fingerprint density at radius 1 is 1.13 bits per heavy atom. The maximum absolute atomic E-state index is 13.3. The van der Waals surface area contributed by atoms with Crippen LogP contribution in [0.5, 0.6) is 0 Å². The van der Waals surface area contributed by atoms with Gasteiger partial charge in [0.05, 0.1) is 4.90 Å². The summed E-state index contributed by atoms with van der Waals surface area (Å²) in [5, 5.41) is 0.989. The molecule has 23 heavy (non-hydrogen) atoms. The van der Waals surface area contributed by atoms with Gasteiger partial charge < -0.3 is 4.98 Å². The van der Waals surface area contributed by atoms with Gasteiger partial charge in [0.15, 0.2) is 0 Å². The van der Waals surface area contributed by atoms with Crippen molar-refractivity contribution in [3.05, 3.63) is 65.1 Å². The number of hydrogen-bond acceptors (Lipinski definition) is 2. The molecule has 0 aliphatic carbocycles. The summed E-state index contributed by atoms with van der Waals surface area (Å²) in [6, 6.07) is 11.5. The Hall–Kier alpha value is -2.18. The molecular formula is C17H17FN2O2S. The molecule has 1 heterocycles. The molecule has 3 rings (SSSR count). The SMILES string of the molecule is Cc1cc(S(=O)(=O)NCc2c(C)[nH]c3ccccc23)ccc1F. The first kappa shape index (κ1) is 15.7. The van der Waals surface area contributed by atoms with Gasteiger partial charge in [-0.25, -0.2) is 17.5 Å². The average molecular weight is 332 g/mol. The molecule has 2 N–H and O–H groups in total. The largest absolute Gasteiger partial charge is 0.358 e. The number of rotatable bonds is 4. The highest BCUT2D eigenvalue weighted by Gasteiger charge is 2.17. The molecule has 4 nitrogen and oxygen atoms in total. The normalized spacial score (nSPS) is 12.0. The Kier molecular flexibility index (Phi) is 3.95. The molecule has 6 heteroatoms. The minimum atomic E-state index is -3.69. The molecule has 120 valence electrons. The monoisotopic (exact) mass is 332 g/mol. The number of hydrogen-bond donors (Lipinski definition) is 2. The van der Waals surface area contributed by atoms with Crippen LogP contribution in [0.15, 0.2) is 47.4 Å². The molecule has 0 fully saturated rings. The Balaban J connectivity index is 1.89. The maximum Gasteiger partial charge on any atom is 0.240 e. The Labute approximate surface area is 134 Å². The van der Waals surface area contributed by atoms with Gasteiger partial charge in [-0.3, -0.25) is 0 Å². The average Bonchev–Trinajstić information content (AvgIpc) is 2.83. The predicted octanol–water partition coefficient (Wildman–Crippen LogP) is 3.40. The highest BCUT2D eigenvalue weighted by Crippen LogP contribution is 2.22. The molecule has 2 aromatic carbocycles. The van der Waals surface area contributed by atoms with E-state index in [0.717, 1.165) is 22.2 Å². The van der Waals surface area contributed by atoms with Gasteiger partial charge in [0.2, 0.25) is 10.0 Å². The van der Waals surface area contributed by atoms with Crippen LogP contribution in [-0.4, -0.2) is 13.4 Å². The summed E-state index contributed by atoms with van der Waals surface area (Å²) in [7, 11) is -3.69. The van der Waals surface area contributed by atoms with Crippen molar-refractivity contribution in [2.24, 2.45) is 0 Å². The zero-order valence-corrected chi connectivity index (χ0v) is 13.7. The van der Waals surface area contributed by atoms with Crippen LogP contribution in [-0.2, 0) is 16.6 Å². The fourth-order valence-electron chi connectivity index (χ4n) is 2.60. The molecule has 3 aromatic rings. The van der Waals surface area contributed by atoms with E-state index in [-0.39, 0.29) is 11.4 Å². The minimum absolute atomic E-state index is 0.0638. The molecule has 0 aliphatic heterocycles. The van der Waals surface area contributed by atoms with Crippen molar-refractivity contribution in [1.82, 2.24) is 9.71 Å². The number of para-hydroxylation sites is 1. The van der Waals surface area contributed by atoms with Crippen LogP contribution in [0.1, 0.15) is 16.8 Å². The third kappa shape index (κ3) is 3.00. The van der Waals surface area contributed by atoms with Crippen LogP contribution < -0.4 is 4.72 Å². The lowest BCUT2D eigenvalue weighted by Crippen LogP contribution is -2.23. The van der Waals surface area contributed by atoms with Crippen molar-refractivity contribution in [2.75, 3.05) is 0 Å².